The van der Waals surface area contributed by atoms with Gasteiger partial charge in [-0.15, -0.1) is 0 Å². The van der Waals surface area contributed by atoms with Gasteiger partial charge in [-0.05, 0) is 48.9 Å². The zero-order valence-corrected chi connectivity index (χ0v) is 12.8. The summed E-state index contributed by atoms with van der Waals surface area (Å²) in [7, 11) is 0. The standard InChI is InChI=1S/C19H16N2O2/c1-2-23-17-8-9-18-16(11-17)7-10-19(22)21(18)13-15-5-3-14(12-20)4-6-15/h3-11H,2,13H2,1H3. The molecule has 0 radical (unpaired) electrons. The van der Waals surface area contributed by atoms with Crippen molar-refractivity contribution in [2.24, 2.45) is 0 Å². The quantitative estimate of drug-likeness (QED) is 0.743. The summed E-state index contributed by atoms with van der Waals surface area (Å²) in [6.45, 7) is 3.02. The van der Waals surface area contributed by atoms with Gasteiger partial charge in [0.05, 0.1) is 30.3 Å². The first-order chi connectivity index (χ1) is 11.2. The normalized spacial score (nSPS) is 10.4. The third kappa shape index (κ3) is 3.09. The molecular formula is C19H16N2O2. The first kappa shape index (κ1) is 14.9. The monoisotopic (exact) mass is 304 g/mol. The van der Waals surface area contributed by atoms with Crippen LogP contribution in [0.5, 0.6) is 5.75 Å². The molecule has 0 aliphatic heterocycles. The molecule has 1 aromatic heterocycles. The van der Waals surface area contributed by atoms with Crippen molar-refractivity contribution in [2.45, 2.75) is 13.5 Å². The van der Waals surface area contributed by atoms with E-state index in [4.69, 9.17) is 10.00 Å². The number of nitriles is 1. The van der Waals surface area contributed by atoms with Crippen LogP contribution in [-0.2, 0) is 6.54 Å². The molecule has 2 aromatic carbocycles. The van der Waals surface area contributed by atoms with E-state index in [0.29, 0.717) is 18.7 Å². The summed E-state index contributed by atoms with van der Waals surface area (Å²) in [5, 5.41) is 9.82. The number of ether oxygens (including phenoxy) is 1. The van der Waals surface area contributed by atoms with Crippen LogP contribution in [0.1, 0.15) is 18.1 Å². The summed E-state index contributed by atoms with van der Waals surface area (Å²) < 4.78 is 7.24. The molecule has 0 unspecified atom stereocenters. The molecule has 0 atom stereocenters. The lowest BCUT2D eigenvalue weighted by Crippen LogP contribution is -2.19. The molecule has 0 amide bonds. The number of benzene rings is 2. The average Bonchev–Trinajstić information content (AvgIpc) is 2.58. The van der Waals surface area contributed by atoms with Gasteiger partial charge >= 0.3 is 0 Å². The number of fused-ring (bicyclic) bond motifs is 1. The highest BCUT2D eigenvalue weighted by Gasteiger charge is 2.06. The minimum Gasteiger partial charge on any atom is -0.494 e. The minimum absolute atomic E-state index is 0.0500. The zero-order chi connectivity index (χ0) is 16.2. The van der Waals surface area contributed by atoms with Crippen molar-refractivity contribution in [2.75, 3.05) is 6.61 Å². The van der Waals surface area contributed by atoms with Gasteiger partial charge in [0, 0.05) is 11.5 Å². The van der Waals surface area contributed by atoms with Gasteiger partial charge in [-0.1, -0.05) is 12.1 Å². The van der Waals surface area contributed by atoms with Gasteiger partial charge in [-0.3, -0.25) is 4.79 Å². The third-order valence-corrected chi connectivity index (χ3v) is 3.70. The van der Waals surface area contributed by atoms with Gasteiger partial charge in [-0.2, -0.15) is 5.26 Å². The highest BCUT2D eigenvalue weighted by Crippen LogP contribution is 2.20. The first-order valence-corrected chi connectivity index (χ1v) is 7.46. The van der Waals surface area contributed by atoms with Crippen LogP contribution in [0.25, 0.3) is 10.9 Å². The molecule has 3 rings (SSSR count). The average molecular weight is 304 g/mol. The fraction of sp³-hybridized carbons (Fsp3) is 0.158. The topological polar surface area (TPSA) is 55.0 Å². The van der Waals surface area contributed by atoms with Gasteiger partial charge in [0.2, 0.25) is 0 Å². The molecule has 0 aliphatic rings. The Labute approximate surface area is 134 Å². The van der Waals surface area contributed by atoms with E-state index in [0.717, 1.165) is 22.2 Å². The van der Waals surface area contributed by atoms with Crippen molar-refractivity contribution in [3.8, 4) is 11.8 Å². The minimum atomic E-state index is -0.0500. The summed E-state index contributed by atoms with van der Waals surface area (Å²) in [6.07, 6.45) is 0. The van der Waals surface area contributed by atoms with Crippen molar-refractivity contribution in [1.82, 2.24) is 4.57 Å². The maximum Gasteiger partial charge on any atom is 0.251 e. The Kier molecular flexibility index (Phi) is 4.11. The molecule has 23 heavy (non-hydrogen) atoms. The van der Waals surface area contributed by atoms with Crippen molar-refractivity contribution in [3.63, 3.8) is 0 Å². The van der Waals surface area contributed by atoms with Crippen molar-refractivity contribution >= 4 is 10.9 Å². The second-order valence-corrected chi connectivity index (χ2v) is 5.22. The van der Waals surface area contributed by atoms with Crippen molar-refractivity contribution in [3.05, 3.63) is 76.1 Å². The molecule has 0 aliphatic carbocycles. The van der Waals surface area contributed by atoms with Crippen LogP contribution >= 0.6 is 0 Å². The lowest BCUT2D eigenvalue weighted by Gasteiger charge is -2.11. The summed E-state index contributed by atoms with van der Waals surface area (Å²) in [6, 6.07) is 18.5. The van der Waals surface area contributed by atoms with Gasteiger partial charge in [0.15, 0.2) is 0 Å². The Hall–Kier alpha value is -3.06. The Balaban J connectivity index is 2.03. The van der Waals surface area contributed by atoms with E-state index in [2.05, 4.69) is 6.07 Å². The number of hydrogen-bond acceptors (Lipinski definition) is 3. The van der Waals surface area contributed by atoms with E-state index >= 15 is 0 Å². The second-order valence-electron chi connectivity index (χ2n) is 5.22. The molecule has 1 heterocycles. The maximum atomic E-state index is 12.3. The lowest BCUT2D eigenvalue weighted by molar-refractivity contribution is 0.340. The molecule has 3 aromatic rings. The number of rotatable bonds is 4. The smallest absolute Gasteiger partial charge is 0.251 e. The van der Waals surface area contributed by atoms with Crippen LogP contribution < -0.4 is 10.3 Å². The summed E-state index contributed by atoms with van der Waals surface area (Å²) >= 11 is 0. The van der Waals surface area contributed by atoms with E-state index in [9.17, 15) is 4.79 Å². The Bertz CT molecular complexity index is 934. The summed E-state index contributed by atoms with van der Waals surface area (Å²) in [4.78, 5) is 12.3. The fourth-order valence-electron chi connectivity index (χ4n) is 2.57. The van der Waals surface area contributed by atoms with Crippen LogP contribution in [0, 0.1) is 11.3 Å². The molecule has 0 spiro atoms. The predicted octanol–water partition coefficient (Wildman–Crippen LogP) is 3.32. The molecule has 114 valence electrons. The van der Waals surface area contributed by atoms with Crippen LogP contribution in [0.4, 0.5) is 0 Å². The molecule has 0 fully saturated rings. The first-order valence-electron chi connectivity index (χ1n) is 7.46. The van der Waals surface area contributed by atoms with E-state index in [1.165, 1.54) is 0 Å². The van der Waals surface area contributed by atoms with Crippen LogP contribution in [-0.4, -0.2) is 11.2 Å². The maximum absolute atomic E-state index is 12.3. The summed E-state index contributed by atoms with van der Waals surface area (Å²) in [5.74, 6) is 0.795. The largest absolute Gasteiger partial charge is 0.494 e. The molecule has 4 heteroatoms. The number of hydrogen-bond donors (Lipinski definition) is 0. The van der Waals surface area contributed by atoms with E-state index in [1.807, 2.05) is 43.3 Å². The number of pyridine rings is 1. The Morgan fingerprint density at radius 1 is 1.09 bits per heavy atom. The van der Waals surface area contributed by atoms with Gasteiger partial charge in [-0.25, -0.2) is 0 Å². The Morgan fingerprint density at radius 2 is 1.87 bits per heavy atom. The molecule has 0 N–H and O–H groups in total. The lowest BCUT2D eigenvalue weighted by atomic mass is 10.1. The van der Waals surface area contributed by atoms with Crippen LogP contribution in [0.2, 0.25) is 0 Å². The SMILES string of the molecule is CCOc1ccc2c(ccc(=O)n2Cc2ccc(C#N)cc2)c1. The van der Waals surface area contributed by atoms with E-state index in [-0.39, 0.29) is 5.56 Å². The molecule has 0 saturated carbocycles. The molecule has 4 nitrogen and oxygen atoms in total. The van der Waals surface area contributed by atoms with Gasteiger partial charge < -0.3 is 9.30 Å². The van der Waals surface area contributed by atoms with Crippen LogP contribution in [0.15, 0.2) is 59.4 Å². The predicted molar refractivity (Wildman–Crippen MR) is 89.6 cm³/mol. The molecular weight excluding hydrogens is 288 g/mol. The van der Waals surface area contributed by atoms with E-state index < -0.39 is 0 Å². The number of aromatic nitrogens is 1. The highest BCUT2D eigenvalue weighted by molar-refractivity contribution is 5.80. The molecule has 0 saturated heterocycles. The number of nitrogens with zero attached hydrogens (tertiary/aromatic N) is 2. The highest BCUT2D eigenvalue weighted by atomic mass is 16.5. The zero-order valence-electron chi connectivity index (χ0n) is 12.8. The van der Waals surface area contributed by atoms with E-state index in [1.54, 1.807) is 22.8 Å². The van der Waals surface area contributed by atoms with Gasteiger partial charge in [0.1, 0.15) is 5.75 Å². The fourth-order valence-corrected chi connectivity index (χ4v) is 2.57. The van der Waals surface area contributed by atoms with Gasteiger partial charge in [0.25, 0.3) is 5.56 Å². The van der Waals surface area contributed by atoms with Crippen molar-refractivity contribution in [1.29, 1.82) is 5.26 Å². The van der Waals surface area contributed by atoms with Crippen LogP contribution in [0.3, 0.4) is 0 Å². The second kappa shape index (κ2) is 6.37. The van der Waals surface area contributed by atoms with Crippen molar-refractivity contribution < 1.29 is 4.74 Å². The summed E-state index contributed by atoms with van der Waals surface area (Å²) in [5.41, 5.74) is 2.41. The third-order valence-electron chi connectivity index (χ3n) is 3.70. The Morgan fingerprint density at radius 3 is 2.57 bits per heavy atom. The molecule has 0 bridgehead atoms.